The molecule has 0 unspecified atom stereocenters. The van der Waals surface area contributed by atoms with Gasteiger partial charge < -0.3 is 10.1 Å². The summed E-state index contributed by atoms with van der Waals surface area (Å²) in [5.74, 6) is 0.0947. The van der Waals surface area contributed by atoms with Crippen LogP contribution in [0.25, 0.3) is 0 Å². The van der Waals surface area contributed by atoms with E-state index >= 15 is 0 Å². The van der Waals surface area contributed by atoms with Gasteiger partial charge in [0.25, 0.3) is 0 Å². The van der Waals surface area contributed by atoms with Gasteiger partial charge in [-0.15, -0.1) is 13.2 Å². The Kier molecular flexibility index (Phi) is 4.34. The van der Waals surface area contributed by atoms with E-state index in [-0.39, 0.29) is 10.9 Å². The zero-order chi connectivity index (χ0) is 14.8. The number of rotatable bonds is 3. The molecule has 0 fully saturated rings. The maximum atomic E-state index is 12.0. The molecule has 20 heavy (non-hydrogen) atoms. The number of nitrogens with one attached hydrogen (secondary N) is 1. The topological polar surface area (TPSA) is 47.0 Å². The van der Waals surface area contributed by atoms with E-state index in [1.807, 2.05) is 0 Å². The molecule has 9 heteroatoms. The van der Waals surface area contributed by atoms with Crippen molar-refractivity contribution in [2.75, 3.05) is 5.32 Å². The number of nitrogens with zero attached hydrogens (tertiary/aromatic N) is 2. The summed E-state index contributed by atoms with van der Waals surface area (Å²) in [6.45, 7) is 0. The quantitative estimate of drug-likeness (QED) is 0.808. The molecule has 4 nitrogen and oxygen atoms in total. The first-order chi connectivity index (χ1) is 9.35. The standard InChI is InChI=1S/C11H6BrClF3N3O/c12-8-9(13)17-5-18-10(8)19-6-1-3-7(4-2-6)20-11(14,15)16/h1-5H,(H,17,18,19). The minimum Gasteiger partial charge on any atom is -0.406 e. The van der Waals surface area contributed by atoms with Crippen molar-refractivity contribution in [2.45, 2.75) is 6.36 Å². The largest absolute Gasteiger partial charge is 0.573 e. The van der Waals surface area contributed by atoms with Gasteiger partial charge in [-0.25, -0.2) is 9.97 Å². The van der Waals surface area contributed by atoms with E-state index in [9.17, 15) is 13.2 Å². The monoisotopic (exact) mass is 367 g/mol. The van der Waals surface area contributed by atoms with E-state index in [1.165, 1.54) is 30.6 Å². The van der Waals surface area contributed by atoms with E-state index < -0.39 is 6.36 Å². The number of hydrogen-bond donors (Lipinski definition) is 1. The Morgan fingerprint density at radius 2 is 1.80 bits per heavy atom. The summed E-state index contributed by atoms with van der Waals surface area (Å²) in [6.07, 6.45) is -3.45. The van der Waals surface area contributed by atoms with Crippen molar-refractivity contribution in [3.05, 3.63) is 40.2 Å². The van der Waals surface area contributed by atoms with Gasteiger partial charge in [0, 0.05) is 5.69 Å². The third-order valence-electron chi connectivity index (χ3n) is 2.10. The summed E-state index contributed by atoms with van der Waals surface area (Å²) in [5.41, 5.74) is 0.523. The number of benzene rings is 1. The number of anilines is 2. The maximum absolute atomic E-state index is 12.0. The van der Waals surface area contributed by atoms with Gasteiger partial charge in [-0.3, -0.25) is 0 Å². The Balaban J connectivity index is 2.13. The molecule has 0 aliphatic carbocycles. The lowest BCUT2D eigenvalue weighted by atomic mass is 10.3. The van der Waals surface area contributed by atoms with Crippen LogP contribution in [0.5, 0.6) is 5.75 Å². The molecule has 0 aliphatic rings. The lowest BCUT2D eigenvalue weighted by Crippen LogP contribution is -2.16. The zero-order valence-corrected chi connectivity index (χ0v) is 11.9. The van der Waals surface area contributed by atoms with Crippen molar-refractivity contribution in [3.8, 4) is 5.75 Å². The molecule has 0 amide bonds. The van der Waals surface area contributed by atoms with E-state index in [4.69, 9.17) is 11.6 Å². The van der Waals surface area contributed by atoms with Gasteiger partial charge in [-0.2, -0.15) is 0 Å². The molecule has 2 rings (SSSR count). The molecule has 0 spiro atoms. The fraction of sp³-hybridized carbons (Fsp3) is 0.0909. The predicted octanol–water partition coefficient (Wildman–Crippen LogP) is 4.53. The fourth-order valence-electron chi connectivity index (χ4n) is 1.31. The summed E-state index contributed by atoms with van der Waals surface area (Å²) < 4.78 is 40.3. The maximum Gasteiger partial charge on any atom is 0.573 e. The summed E-state index contributed by atoms with van der Waals surface area (Å²) >= 11 is 8.99. The van der Waals surface area contributed by atoms with Crippen molar-refractivity contribution in [3.63, 3.8) is 0 Å². The van der Waals surface area contributed by atoms with Gasteiger partial charge >= 0.3 is 6.36 Å². The van der Waals surface area contributed by atoms with Gasteiger partial charge in [0.1, 0.15) is 23.0 Å². The summed E-state index contributed by atoms with van der Waals surface area (Å²) in [5, 5.41) is 3.11. The summed E-state index contributed by atoms with van der Waals surface area (Å²) in [6, 6.07) is 5.21. The van der Waals surface area contributed by atoms with Crippen LogP contribution in [0.2, 0.25) is 5.15 Å². The van der Waals surface area contributed by atoms with E-state index in [0.717, 1.165) is 0 Å². The molecule has 0 bridgehead atoms. The highest BCUT2D eigenvalue weighted by molar-refractivity contribution is 9.10. The Bertz CT molecular complexity index is 607. The molecule has 0 atom stereocenters. The smallest absolute Gasteiger partial charge is 0.406 e. The van der Waals surface area contributed by atoms with Crippen LogP contribution in [0.3, 0.4) is 0 Å². The molecule has 0 radical (unpaired) electrons. The average molecular weight is 369 g/mol. The van der Waals surface area contributed by atoms with Crippen LogP contribution in [-0.2, 0) is 0 Å². The minimum absolute atomic E-state index is 0.222. The van der Waals surface area contributed by atoms with Crippen LogP contribution in [0.15, 0.2) is 35.1 Å². The highest BCUT2D eigenvalue weighted by Crippen LogP contribution is 2.29. The molecule has 1 aromatic carbocycles. The summed E-state index contributed by atoms with van der Waals surface area (Å²) in [7, 11) is 0. The van der Waals surface area contributed by atoms with Gasteiger partial charge in [-0.05, 0) is 40.2 Å². The van der Waals surface area contributed by atoms with Crippen LogP contribution < -0.4 is 10.1 Å². The lowest BCUT2D eigenvalue weighted by molar-refractivity contribution is -0.274. The number of hydrogen-bond acceptors (Lipinski definition) is 4. The third-order valence-corrected chi connectivity index (χ3v) is 3.36. The van der Waals surface area contributed by atoms with E-state index in [0.29, 0.717) is 16.0 Å². The predicted molar refractivity (Wildman–Crippen MR) is 71.1 cm³/mol. The minimum atomic E-state index is -4.71. The third kappa shape index (κ3) is 3.97. The van der Waals surface area contributed by atoms with Crippen LogP contribution >= 0.6 is 27.5 Å². The fourth-order valence-corrected chi connectivity index (χ4v) is 1.75. The Hall–Kier alpha value is -1.54. The molecule has 0 saturated carbocycles. The van der Waals surface area contributed by atoms with Gasteiger partial charge in [0.15, 0.2) is 0 Å². The van der Waals surface area contributed by atoms with Gasteiger partial charge in [0.2, 0.25) is 0 Å². The van der Waals surface area contributed by atoms with Gasteiger partial charge in [-0.1, -0.05) is 11.6 Å². The van der Waals surface area contributed by atoms with Crippen LogP contribution in [-0.4, -0.2) is 16.3 Å². The number of ether oxygens (including phenoxy) is 1. The normalized spacial score (nSPS) is 11.2. The van der Waals surface area contributed by atoms with Crippen molar-refractivity contribution in [2.24, 2.45) is 0 Å². The van der Waals surface area contributed by atoms with Crippen LogP contribution in [0.1, 0.15) is 0 Å². The zero-order valence-electron chi connectivity index (χ0n) is 9.58. The molecule has 1 heterocycles. The number of halogens is 5. The van der Waals surface area contributed by atoms with Crippen molar-refractivity contribution >= 4 is 39.0 Å². The highest BCUT2D eigenvalue weighted by Gasteiger charge is 2.30. The first kappa shape index (κ1) is 14.9. The Morgan fingerprint density at radius 3 is 2.40 bits per heavy atom. The Labute approximate surface area is 125 Å². The highest BCUT2D eigenvalue weighted by atomic mass is 79.9. The molecular weight excluding hydrogens is 362 g/mol. The molecule has 2 aromatic rings. The van der Waals surface area contributed by atoms with E-state index in [2.05, 4.69) is 36.0 Å². The number of aromatic nitrogens is 2. The molecule has 1 N–H and O–H groups in total. The lowest BCUT2D eigenvalue weighted by Gasteiger charge is -2.10. The first-order valence-corrected chi connectivity index (χ1v) is 6.31. The van der Waals surface area contributed by atoms with Crippen molar-refractivity contribution in [1.82, 2.24) is 9.97 Å². The molecule has 106 valence electrons. The second kappa shape index (κ2) is 5.84. The molecule has 0 saturated heterocycles. The van der Waals surface area contributed by atoms with Crippen LogP contribution in [0, 0.1) is 0 Å². The van der Waals surface area contributed by atoms with Crippen molar-refractivity contribution in [1.29, 1.82) is 0 Å². The Morgan fingerprint density at radius 1 is 1.15 bits per heavy atom. The second-order valence-electron chi connectivity index (χ2n) is 3.52. The van der Waals surface area contributed by atoms with Gasteiger partial charge in [0.05, 0.1) is 4.47 Å². The number of alkyl halides is 3. The molecule has 0 aliphatic heterocycles. The second-order valence-corrected chi connectivity index (χ2v) is 4.68. The van der Waals surface area contributed by atoms with E-state index in [1.54, 1.807) is 0 Å². The SMILES string of the molecule is FC(F)(F)Oc1ccc(Nc2ncnc(Cl)c2Br)cc1. The molecular formula is C11H6BrClF3N3O. The summed E-state index contributed by atoms with van der Waals surface area (Å²) in [4.78, 5) is 7.71. The molecule has 1 aromatic heterocycles. The van der Waals surface area contributed by atoms with Crippen LogP contribution in [0.4, 0.5) is 24.7 Å². The average Bonchev–Trinajstić information content (AvgIpc) is 2.35. The van der Waals surface area contributed by atoms with Crippen molar-refractivity contribution < 1.29 is 17.9 Å². The first-order valence-electron chi connectivity index (χ1n) is 5.14.